The summed E-state index contributed by atoms with van der Waals surface area (Å²) in [6, 6.07) is 0. The molecule has 0 saturated heterocycles. The van der Waals surface area contributed by atoms with Gasteiger partial charge in [0.1, 0.15) is 6.10 Å². The number of rotatable bonds is 7. The summed E-state index contributed by atoms with van der Waals surface area (Å²) in [7, 11) is -5.64. The van der Waals surface area contributed by atoms with Crippen LogP contribution in [0.15, 0.2) is 12.2 Å². The quantitative estimate of drug-likeness (QED) is 0.420. The Morgan fingerprint density at radius 2 is 1.78 bits per heavy atom. The summed E-state index contributed by atoms with van der Waals surface area (Å²) in [4.78, 5) is 29.5. The fourth-order valence-corrected chi connectivity index (χ4v) is 2.16. The van der Waals surface area contributed by atoms with Crippen molar-refractivity contribution in [3.05, 3.63) is 12.2 Å². The third-order valence-electron chi connectivity index (χ3n) is 2.56. The second-order valence-corrected chi connectivity index (χ2v) is 7.58. The van der Waals surface area contributed by atoms with Gasteiger partial charge in [-0.25, -0.2) is 4.79 Å². The molecule has 0 fully saturated rings. The lowest BCUT2D eigenvalue weighted by Crippen LogP contribution is -2.30. The first-order chi connectivity index (χ1) is 8.16. The maximum Gasteiger partial charge on any atom is 0.333 e. The highest BCUT2D eigenvalue weighted by molar-refractivity contribution is 7.39. The van der Waals surface area contributed by atoms with Crippen molar-refractivity contribution in [3.63, 3.8) is 0 Å². The van der Waals surface area contributed by atoms with Crippen molar-refractivity contribution < 1.29 is 28.4 Å². The van der Waals surface area contributed by atoms with Crippen LogP contribution in [0.5, 0.6) is 0 Å². The van der Waals surface area contributed by atoms with Gasteiger partial charge in [0.05, 0.1) is 5.66 Å². The average molecular weight is 298 g/mol. The van der Waals surface area contributed by atoms with E-state index in [-0.39, 0.29) is 12.0 Å². The Balaban J connectivity index is 4.83. The first kappa shape index (κ1) is 17.6. The molecule has 0 radical (unpaired) electrons. The summed E-state index contributed by atoms with van der Waals surface area (Å²) in [6.07, 6.45) is -0.785. The molecular formula is C10H20O6P2. The maximum atomic E-state index is 11.4. The van der Waals surface area contributed by atoms with Gasteiger partial charge in [-0.3, -0.25) is 9.13 Å². The number of ether oxygens (including phenoxy) is 1. The molecule has 0 aliphatic carbocycles. The molecule has 5 unspecified atom stereocenters. The Labute approximate surface area is 108 Å². The molecular weight excluding hydrogens is 278 g/mol. The Kier molecular flexibility index (Phi) is 7.72. The van der Waals surface area contributed by atoms with Gasteiger partial charge in [0, 0.05) is 11.2 Å². The van der Waals surface area contributed by atoms with Gasteiger partial charge >= 0.3 is 5.97 Å². The summed E-state index contributed by atoms with van der Waals surface area (Å²) >= 11 is 0. The standard InChI is InChI=1S/C10H20O6P2/c1-6(2)10(11)16-9(8(4)18(14)15)5-7(3)17(12)13/h7-9,17-18H,1,5H2,2-4H3,(H,12,13)(H,14,15). The van der Waals surface area contributed by atoms with Crippen LogP contribution in [0.3, 0.4) is 0 Å². The molecule has 0 amide bonds. The molecule has 18 heavy (non-hydrogen) atoms. The van der Waals surface area contributed by atoms with E-state index >= 15 is 0 Å². The number of esters is 1. The zero-order chi connectivity index (χ0) is 14.5. The predicted octanol–water partition coefficient (Wildman–Crippen LogP) is 1.58. The van der Waals surface area contributed by atoms with Crippen molar-refractivity contribution in [2.45, 2.75) is 44.6 Å². The van der Waals surface area contributed by atoms with Crippen molar-refractivity contribution in [1.82, 2.24) is 0 Å². The minimum Gasteiger partial charge on any atom is -0.458 e. The zero-order valence-corrected chi connectivity index (χ0v) is 12.7. The molecule has 0 aromatic rings. The Bertz CT molecular complexity index is 367. The van der Waals surface area contributed by atoms with Gasteiger partial charge in [-0.15, -0.1) is 0 Å². The topological polar surface area (TPSA) is 101 Å². The number of carbonyl (C=O) groups excluding carboxylic acids is 1. The van der Waals surface area contributed by atoms with E-state index in [0.29, 0.717) is 0 Å². The van der Waals surface area contributed by atoms with Crippen LogP contribution < -0.4 is 0 Å². The summed E-state index contributed by atoms with van der Waals surface area (Å²) < 4.78 is 27.1. The molecule has 0 aromatic carbocycles. The van der Waals surface area contributed by atoms with Crippen LogP contribution in [0.25, 0.3) is 0 Å². The molecule has 2 N–H and O–H groups in total. The Hall–Kier alpha value is -0.410. The summed E-state index contributed by atoms with van der Waals surface area (Å²) in [6.45, 7) is 7.88. The van der Waals surface area contributed by atoms with Crippen LogP contribution in [-0.4, -0.2) is 33.2 Å². The normalized spacial score (nSPS) is 19.4. The Morgan fingerprint density at radius 1 is 1.28 bits per heavy atom. The fraction of sp³-hybridized carbons (Fsp3) is 0.700. The smallest absolute Gasteiger partial charge is 0.333 e. The van der Waals surface area contributed by atoms with Gasteiger partial charge in [0.2, 0.25) is 0 Å². The summed E-state index contributed by atoms with van der Waals surface area (Å²) in [5.74, 6) is -0.667. The SMILES string of the molecule is C=C(C)C(=O)OC(CC(C)[PH](=O)O)C(C)[PH](=O)O. The van der Waals surface area contributed by atoms with Gasteiger partial charge in [-0.2, -0.15) is 0 Å². The minimum absolute atomic E-state index is 0.0749. The van der Waals surface area contributed by atoms with Crippen molar-refractivity contribution in [1.29, 1.82) is 0 Å². The maximum absolute atomic E-state index is 11.4. The molecule has 5 atom stereocenters. The second kappa shape index (κ2) is 7.90. The average Bonchev–Trinajstić information content (AvgIpc) is 2.26. The van der Waals surface area contributed by atoms with E-state index in [4.69, 9.17) is 14.5 Å². The molecule has 0 aromatic heterocycles. The van der Waals surface area contributed by atoms with E-state index in [1.54, 1.807) is 0 Å². The Morgan fingerprint density at radius 3 is 2.11 bits per heavy atom. The van der Waals surface area contributed by atoms with Crippen molar-refractivity contribution in [2.24, 2.45) is 0 Å². The molecule has 0 saturated carbocycles. The largest absolute Gasteiger partial charge is 0.458 e. The molecule has 0 bridgehead atoms. The van der Waals surface area contributed by atoms with Crippen molar-refractivity contribution in [3.8, 4) is 0 Å². The van der Waals surface area contributed by atoms with Gasteiger partial charge < -0.3 is 14.5 Å². The molecule has 8 heteroatoms. The van der Waals surface area contributed by atoms with E-state index in [1.807, 2.05) is 0 Å². The highest BCUT2D eigenvalue weighted by atomic mass is 31.1. The van der Waals surface area contributed by atoms with Crippen LogP contribution in [0.2, 0.25) is 0 Å². The van der Waals surface area contributed by atoms with E-state index in [1.165, 1.54) is 20.8 Å². The predicted molar refractivity (Wildman–Crippen MR) is 70.7 cm³/mol. The van der Waals surface area contributed by atoms with E-state index in [2.05, 4.69) is 6.58 Å². The molecule has 0 aliphatic rings. The summed E-state index contributed by atoms with van der Waals surface area (Å²) in [5, 5.41) is 0. The molecule has 0 rings (SSSR count). The number of carbonyl (C=O) groups is 1. The molecule has 0 aliphatic heterocycles. The van der Waals surface area contributed by atoms with Crippen LogP contribution >= 0.6 is 16.1 Å². The van der Waals surface area contributed by atoms with Crippen LogP contribution in [-0.2, 0) is 18.7 Å². The highest BCUT2D eigenvalue weighted by Crippen LogP contribution is 2.33. The fourth-order valence-electron chi connectivity index (χ4n) is 1.20. The third-order valence-corrected chi connectivity index (χ3v) is 4.79. The van der Waals surface area contributed by atoms with Gasteiger partial charge in [-0.1, -0.05) is 20.4 Å². The van der Waals surface area contributed by atoms with E-state index in [0.717, 1.165) is 0 Å². The van der Waals surface area contributed by atoms with Crippen molar-refractivity contribution >= 4 is 22.0 Å². The lowest BCUT2D eigenvalue weighted by Gasteiger charge is -2.24. The van der Waals surface area contributed by atoms with Gasteiger partial charge in [0.15, 0.2) is 16.1 Å². The second-order valence-electron chi connectivity index (χ2n) is 4.33. The molecule has 106 valence electrons. The lowest BCUT2D eigenvalue weighted by molar-refractivity contribution is -0.144. The zero-order valence-electron chi connectivity index (χ0n) is 10.7. The van der Waals surface area contributed by atoms with E-state index in [9.17, 15) is 13.9 Å². The van der Waals surface area contributed by atoms with E-state index < -0.39 is 39.4 Å². The number of hydrogen-bond donors (Lipinski definition) is 2. The highest BCUT2D eigenvalue weighted by Gasteiger charge is 2.28. The third kappa shape index (κ3) is 5.96. The van der Waals surface area contributed by atoms with Crippen LogP contribution in [0.4, 0.5) is 0 Å². The number of hydrogen-bond acceptors (Lipinski definition) is 4. The van der Waals surface area contributed by atoms with Gasteiger partial charge in [0.25, 0.3) is 0 Å². The molecule has 0 spiro atoms. The summed E-state index contributed by atoms with van der Waals surface area (Å²) in [5.41, 5.74) is -1.17. The van der Waals surface area contributed by atoms with Gasteiger partial charge in [-0.05, 0) is 13.3 Å². The van der Waals surface area contributed by atoms with Crippen LogP contribution in [0, 0.1) is 0 Å². The monoisotopic (exact) mass is 298 g/mol. The molecule has 0 heterocycles. The van der Waals surface area contributed by atoms with Crippen LogP contribution in [0.1, 0.15) is 27.2 Å². The first-order valence-electron chi connectivity index (χ1n) is 5.48. The minimum atomic E-state index is -2.88. The first-order valence-corrected chi connectivity index (χ1v) is 8.35. The lowest BCUT2D eigenvalue weighted by atomic mass is 10.1. The van der Waals surface area contributed by atoms with Crippen molar-refractivity contribution in [2.75, 3.05) is 0 Å². The molecule has 6 nitrogen and oxygen atoms in total.